The number of nitrogens with one attached hydrogen (secondary N) is 2. The van der Waals surface area contributed by atoms with Gasteiger partial charge in [0.05, 0.1) is 6.04 Å². The lowest BCUT2D eigenvalue weighted by Gasteiger charge is -2.23. The van der Waals surface area contributed by atoms with E-state index in [0.717, 1.165) is 24.0 Å². The van der Waals surface area contributed by atoms with E-state index in [9.17, 15) is 9.59 Å². The van der Waals surface area contributed by atoms with Crippen molar-refractivity contribution in [2.45, 2.75) is 32.7 Å². The molecule has 0 saturated carbocycles. The Morgan fingerprint density at radius 1 is 1.10 bits per heavy atom. The molecule has 1 fully saturated rings. The van der Waals surface area contributed by atoms with Crippen LogP contribution >= 0.6 is 22.9 Å². The molecule has 2 heterocycles. The number of urea groups is 1. The molecule has 3 aromatic rings. The molecule has 160 valence electrons. The van der Waals surface area contributed by atoms with Gasteiger partial charge in [-0.1, -0.05) is 46.7 Å². The Hall–Kier alpha value is -2.97. The van der Waals surface area contributed by atoms with Crippen LogP contribution in [0.5, 0.6) is 0 Å². The SMILES string of the molecule is Cc1ccc(NC(=O)c2nnc([C@@H]3CCCN3C(=O)Nc3cc(Cl)ccc3C)s2)cc1. The first-order valence-electron chi connectivity index (χ1n) is 9.96. The zero-order chi connectivity index (χ0) is 22.0. The smallest absolute Gasteiger partial charge is 0.320 e. The molecule has 7 nitrogen and oxygen atoms in total. The molecule has 1 aliphatic heterocycles. The highest BCUT2D eigenvalue weighted by atomic mass is 35.5. The van der Waals surface area contributed by atoms with Crippen LogP contribution in [-0.4, -0.2) is 33.6 Å². The number of carbonyl (C=O) groups excluding carboxylic acids is 2. The molecule has 3 amide bonds. The van der Waals surface area contributed by atoms with Crippen molar-refractivity contribution in [3.63, 3.8) is 0 Å². The Balaban J connectivity index is 1.45. The number of likely N-dealkylation sites (tertiary alicyclic amines) is 1. The molecule has 1 atom stereocenters. The third-order valence-corrected chi connectivity index (χ3v) is 6.44. The second-order valence-corrected chi connectivity index (χ2v) is 8.95. The highest BCUT2D eigenvalue weighted by Gasteiger charge is 2.33. The summed E-state index contributed by atoms with van der Waals surface area (Å²) < 4.78 is 0. The minimum absolute atomic E-state index is 0.210. The Morgan fingerprint density at radius 2 is 1.87 bits per heavy atom. The molecule has 0 spiro atoms. The molecule has 4 rings (SSSR count). The molecule has 2 aromatic carbocycles. The van der Waals surface area contributed by atoms with Gasteiger partial charge in [0.15, 0.2) is 0 Å². The van der Waals surface area contributed by atoms with Crippen molar-refractivity contribution in [2.24, 2.45) is 0 Å². The highest BCUT2D eigenvalue weighted by Crippen LogP contribution is 2.34. The highest BCUT2D eigenvalue weighted by molar-refractivity contribution is 7.13. The standard InChI is InChI=1S/C22H22ClN5O2S/c1-13-5-9-16(10-6-13)24-19(29)21-27-26-20(31-21)18-4-3-11-28(18)22(30)25-17-12-15(23)8-7-14(17)2/h5-10,12,18H,3-4,11H2,1-2H3,(H,24,29)(H,25,30)/t18-/m0/s1. The van der Waals surface area contributed by atoms with Gasteiger partial charge >= 0.3 is 6.03 Å². The summed E-state index contributed by atoms with van der Waals surface area (Å²) in [6, 6.07) is 12.5. The van der Waals surface area contributed by atoms with E-state index in [1.165, 1.54) is 11.3 Å². The van der Waals surface area contributed by atoms with Crippen molar-refractivity contribution in [3.8, 4) is 0 Å². The van der Waals surface area contributed by atoms with Gasteiger partial charge in [-0.05, 0) is 56.5 Å². The molecule has 0 unspecified atom stereocenters. The zero-order valence-electron chi connectivity index (χ0n) is 17.2. The quantitative estimate of drug-likeness (QED) is 0.549. The summed E-state index contributed by atoms with van der Waals surface area (Å²) in [7, 11) is 0. The molecular formula is C22H22ClN5O2S. The molecular weight excluding hydrogens is 434 g/mol. The van der Waals surface area contributed by atoms with E-state index in [0.29, 0.717) is 27.9 Å². The van der Waals surface area contributed by atoms with Gasteiger partial charge in [0.1, 0.15) is 5.01 Å². The number of amides is 3. The molecule has 31 heavy (non-hydrogen) atoms. The van der Waals surface area contributed by atoms with Gasteiger partial charge in [0.2, 0.25) is 5.01 Å². The fourth-order valence-electron chi connectivity index (χ4n) is 3.46. The normalized spacial score (nSPS) is 15.7. The van der Waals surface area contributed by atoms with Crippen molar-refractivity contribution in [3.05, 3.63) is 68.6 Å². The molecule has 1 saturated heterocycles. The van der Waals surface area contributed by atoms with E-state index in [1.54, 1.807) is 17.0 Å². The number of benzene rings is 2. The second kappa shape index (κ2) is 9.03. The summed E-state index contributed by atoms with van der Waals surface area (Å²) in [5, 5.41) is 15.5. The summed E-state index contributed by atoms with van der Waals surface area (Å²) in [5.74, 6) is -0.309. The Labute approximate surface area is 189 Å². The Kier molecular flexibility index (Phi) is 6.20. The van der Waals surface area contributed by atoms with Gasteiger partial charge in [0, 0.05) is 22.9 Å². The Bertz CT molecular complexity index is 1120. The third-order valence-electron chi connectivity index (χ3n) is 5.18. The van der Waals surface area contributed by atoms with Gasteiger partial charge in [-0.3, -0.25) is 4.79 Å². The number of aryl methyl sites for hydroxylation is 2. The predicted molar refractivity (Wildman–Crippen MR) is 123 cm³/mol. The fourth-order valence-corrected chi connectivity index (χ4v) is 4.52. The molecule has 2 N–H and O–H groups in total. The molecule has 9 heteroatoms. The van der Waals surface area contributed by atoms with Crippen LogP contribution in [0, 0.1) is 13.8 Å². The van der Waals surface area contributed by atoms with Crippen molar-refractivity contribution in [1.82, 2.24) is 15.1 Å². The number of hydrogen-bond acceptors (Lipinski definition) is 5. The van der Waals surface area contributed by atoms with Gasteiger partial charge in [0.25, 0.3) is 5.91 Å². The fraction of sp³-hybridized carbons (Fsp3) is 0.273. The average Bonchev–Trinajstić information content (AvgIpc) is 3.42. The van der Waals surface area contributed by atoms with Crippen LogP contribution in [0.1, 0.15) is 44.8 Å². The van der Waals surface area contributed by atoms with Crippen LogP contribution in [0.2, 0.25) is 5.02 Å². The summed E-state index contributed by atoms with van der Waals surface area (Å²) in [6.07, 6.45) is 1.63. The summed E-state index contributed by atoms with van der Waals surface area (Å²) in [4.78, 5) is 27.2. The van der Waals surface area contributed by atoms with Crippen LogP contribution in [0.3, 0.4) is 0 Å². The van der Waals surface area contributed by atoms with Gasteiger partial charge < -0.3 is 15.5 Å². The van der Waals surface area contributed by atoms with E-state index in [1.807, 2.05) is 44.2 Å². The number of anilines is 2. The second-order valence-electron chi connectivity index (χ2n) is 7.51. The van der Waals surface area contributed by atoms with Crippen LogP contribution in [0.15, 0.2) is 42.5 Å². The lowest BCUT2D eigenvalue weighted by atomic mass is 10.2. The lowest BCUT2D eigenvalue weighted by molar-refractivity contribution is 0.102. The van der Waals surface area contributed by atoms with Crippen molar-refractivity contribution >= 4 is 46.3 Å². The van der Waals surface area contributed by atoms with Crippen LogP contribution in [0.4, 0.5) is 16.2 Å². The maximum atomic E-state index is 12.9. The first-order chi connectivity index (χ1) is 14.9. The average molecular weight is 456 g/mol. The molecule has 1 aromatic heterocycles. The van der Waals surface area contributed by atoms with Crippen molar-refractivity contribution in [2.75, 3.05) is 17.2 Å². The molecule has 0 aliphatic carbocycles. The van der Waals surface area contributed by atoms with E-state index < -0.39 is 0 Å². The van der Waals surface area contributed by atoms with Crippen LogP contribution in [-0.2, 0) is 0 Å². The number of hydrogen-bond donors (Lipinski definition) is 2. The molecule has 0 bridgehead atoms. The van der Waals surface area contributed by atoms with Crippen molar-refractivity contribution < 1.29 is 9.59 Å². The Morgan fingerprint density at radius 3 is 2.65 bits per heavy atom. The van der Waals surface area contributed by atoms with Gasteiger partial charge in [-0.25, -0.2) is 4.79 Å². The summed E-state index contributed by atoms with van der Waals surface area (Å²) in [5.41, 5.74) is 3.42. The number of rotatable bonds is 4. The van der Waals surface area contributed by atoms with Crippen LogP contribution in [0.25, 0.3) is 0 Å². The topological polar surface area (TPSA) is 87.2 Å². The summed E-state index contributed by atoms with van der Waals surface area (Å²) in [6.45, 7) is 4.51. The van der Waals surface area contributed by atoms with Gasteiger partial charge in [-0.15, -0.1) is 10.2 Å². The maximum absolute atomic E-state index is 12.9. The van der Waals surface area contributed by atoms with E-state index in [4.69, 9.17) is 11.6 Å². The first kappa shape index (κ1) is 21.3. The first-order valence-corrected chi connectivity index (χ1v) is 11.2. The number of aromatic nitrogens is 2. The molecule has 1 aliphatic rings. The minimum Gasteiger partial charge on any atom is -0.320 e. The largest absolute Gasteiger partial charge is 0.322 e. The van der Waals surface area contributed by atoms with E-state index in [2.05, 4.69) is 20.8 Å². The zero-order valence-corrected chi connectivity index (χ0v) is 18.8. The number of nitrogens with zero attached hydrogens (tertiary/aromatic N) is 3. The van der Waals surface area contributed by atoms with E-state index in [-0.39, 0.29) is 23.0 Å². The van der Waals surface area contributed by atoms with Crippen molar-refractivity contribution in [1.29, 1.82) is 0 Å². The lowest BCUT2D eigenvalue weighted by Crippen LogP contribution is -2.34. The monoisotopic (exact) mass is 455 g/mol. The predicted octanol–water partition coefficient (Wildman–Crippen LogP) is 5.43. The van der Waals surface area contributed by atoms with Gasteiger partial charge in [-0.2, -0.15) is 0 Å². The van der Waals surface area contributed by atoms with Crippen LogP contribution < -0.4 is 10.6 Å². The third kappa shape index (κ3) is 4.86. The number of halogens is 1. The van der Waals surface area contributed by atoms with E-state index >= 15 is 0 Å². The maximum Gasteiger partial charge on any atom is 0.322 e. The number of carbonyl (C=O) groups is 2. The minimum atomic E-state index is -0.309. The molecule has 0 radical (unpaired) electrons. The summed E-state index contributed by atoms with van der Waals surface area (Å²) >= 11 is 7.28.